The van der Waals surface area contributed by atoms with Crippen LogP contribution in [0.5, 0.6) is 0 Å². The SMILES string of the molecule is Cc1ccc(S(=O)(=O)N2CCC[C@@H]2C(=O)N2CCN(S(=O)(=O)c3c(C)noc3C)CC2)cc1. The molecule has 3 heterocycles. The number of amides is 1. The molecule has 0 radical (unpaired) electrons. The second kappa shape index (κ2) is 8.82. The quantitative estimate of drug-likeness (QED) is 0.611. The van der Waals surface area contributed by atoms with Gasteiger partial charge in [0.25, 0.3) is 0 Å². The van der Waals surface area contributed by atoms with Crippen LogP contribution in [-0.2, 0) is 24.8 Å². The number of piperazine rings is 1. The predicted molar refractivity (Wildman–Crippen MR) is 119 cm³/mol. The van der Waals surface area contributed by atoms with E-state index in [4.69, 9.17) is 4.52 Å². The first-order valence-electron chi connectivity index (χ1n) is 10.8. The maximum absolute atomic E-state index is 13.3. The van der Waals surface area contributed by atoms with Crippen molar-refractivity contribution in [2.24, 2.45) is 0 Å². The molecule has 2 fully saturated rings. The number of aromatic nitrogens is 1. The Hall–Kier alpha value is -2.28. The van der Waals surface area contributed by atoms with Crippen molar-refractivity contribution < 1.29 is 26.2 Å². The minimum atomic E-state index is -3.80. The van der Waals surface area contributed by atoms with E-state index in [9.17, 15) is 21.6 Å². The molecule has 0 spiro atoms. The highest BCUT2D eigenvalue weighted by Gasteiger charge is 2.42. The molecule has 10 nitrogen and oxygen atoms in total. The van der Waals surface area contributed by atoms with E-state index in [1.807, 2.05) is 6.92 Å². The minimum Gasteiger partial charge on any atom is -0.360 e. The van der Waals surface area contributed by atoms with Crippen LogP contribution in [0.25, 0.3) is 0 Å². The summed E-state index contributed by atoms with van der Waals surface area (Å²) in [6.45, 7) is 5.91. The topological polar surface area (TPSA) is 121 Å². The van der Waals surface area contributed by atoms with Crippen LogP contribution in [0.1, 0.15) is 29.9 Å². The molecule has 1 amide bonds. The second-order valence-electron chi connectivity index (χ2n) is 8.47. The molecule has 2 saturated heterocycles. The summed E-state index contributed by atoms with van der Waals surface area (Å²) in [5, 5.41) is 3.73. The lowest BCUT2D eigenvalue weighted by Gasteiger charge is -2.36. The summed E-state index contributed by atoms with van der Waals surface area (Å²) in [7, 11) is -7.59. The lowest BCUT2D eigenvalue weighted by molar-refractivity contribution is -0.135. The van der Waals surface area contributed by atoms with Gasteiger partial charge < -0.3 is 9.42 Å². The Bertz CT molecular complexity index is 1230. The largest absolute Gasteiger partial charge is 0.360 e. The van der Waals surface area contributed by atoms with Crippen LogP contribution in [0.2, 0.25) is 0 Å². The summed E-state index contributed by atoms with van der Waals surface area (Å²) in [6, 6.07) is 5.81. The van der Waals surface area contributed by atoms with E-state index in [2.05, 4.69) is 5.16 Å². The normalized spacial score (nSPS) is 20.9. The molecular formula is C21H28N4O6S2. The van der Waals surface area contributed by atoms with Crippen LogP contribution in [0.4, 0.5) is 0 Å². The molecule has 2 aromatic rings. The zero-order valence-electron chi connectivity index (χ0n) is 18.9. The van der Waals surface area contributed by atoms with Crippen molar-refractivity contribution in [1.29, 1.82) is 0 Å². The third-order valence-electron chi connectivity index (χ3n) is 6.23. The van der Waals surface area contributed by atoms with Crippen molar-refractivity contribution in [2.75, 3.05) is 32.7 Å². The zero-order chi connectivity index (χ0) is 24.0. The van der Waals surface area contributed by atoms with Gasteiger partial charge in [0.2, 0.25) is 26.0 Å². The van der Waals surface area contributed by atoms with Gasteiger partial charge in [-0.3, -0.25) is 4.79 Å². The van der Waals surface area contributed by atoms with Crippen LogP contribution in [0.15, 0.2) is 38.6 Å². The first kappa shape index (κ1) is 23.9. The highest BCUT2D eigenvalue weighted by Crippen LogP contribution is 2.29. The highest BCUT2D eigenvalue weighted by atomic mass is 32.2. The number of hydrogen-bond acceptors (Lipinski definition) is 7. The molecular weight excluding hydrogens is 468 g/mol. The molecule has 33 heavy (non-hydrogen) atoms. The summed E-state index contributed by atoms with van der Waals surface area (Å²) < 4.78 is 60.0. The summed E-state index contributed by atoms with van der Waals surface area (Å²) in [5.74, 6) is -0.0495. The van der Waals surface area contributed by atoms with Gasteiger partial charge in [-0.15, -0.1) is 0 Å². The number of carbonyl (C=O) groups is 1. The molecule has 1 aromatic heterocycles. The Morgan fingerprint density at radius 1 is 0.939 bits per heavy atom. The van der Waals surface area contributed by atoms with Gasteiger partial charge in [0.15, 0.2) is 5.76 Å². The summed E-state index contributed by atoms with van der Waals surface area (Å²) in [6.07, 6.45) is 1.05. The van der Waals surface area contributed by atoms with Crippen LogP contribution in [0, 0.1) is 20.8 Å². The summed E-state index contributed by atoms with van der Waals surface area (Å²) in [5.41, 5.74) is 1.25. The van der Waals surface area contributed by atoms with Gasteiger partial charge in [0, 0.05) is 32.7 Å². The Morgan fingerprint density at radius 2 is 1.58 bits per heavy atom. The molecule has 0 saturated carbocycles. The highest BCUT2D eigenvalue weighted by molar-refractivity contribution is 7.89. The standard InChI is InChI=1S/C21H28N4O6S2/c1-15-6-8-18(9-7-15)32(27,28)25-10-4-5-19(25)21(26)23-11-13-24(14-12-23)33(29,30)20-16(2)22-31-17(20)3/h6-9,19H,4-5,10-14H2,1-3H3/t19-/m1/s1. The maximum Gasteiger partial charge on any atom is 0.248 e. The monoisotopic (exact) mass is 496 g/mol. The number of benzene rings is 1. The van der Waals surface area contributed by atoms with Gasteiger partial charge in [0.1, 0.15) is 16.6 Å². The molecule has 12 heteroatoms. The Morgan fingerprint density at radius 3 is 2.15 bits per heavy atom. The third-order valence-corrected chi connectivity index (χ3v) is 10.3. The lowest BCUT2D eigenvalue weighted by Crippen LogP contribution is -2.55. The average Bonchev–Trinajstić information content (AvgIpc) is 3.41. The van der Waals surface area contributed by atoms with E-state index in [0.29, 0.717) is 18.5 Å². The number of nitrogens with zero attached hydrogens (tertiary/aromatic N) is 4. The molecule has 4 rings (SSSR count). The molecule has 0 aliphatic carbocycles. The van der Waals surface area contributed by atoms with Gasteiger partial charge in [-0.05, 0) is 45.7 Å². The molecule has 1 atom stereocenters. The number of carbonyl (C=O) groups excluding carboxylic acids is 1. The first-order valence-corrected chi connectivity index (χ1v) is 13.7. The third kappa shape index (κ3) is 4.32. The van der Waals surface area contributed by atoms with Crippen molar-refractivity contribution in [1.82, 2.24) is 18.7 Å². The van der Waals surface area contributed by atoms with Crippen LogP contribution in [-0.4, -0.2) is 80.2 Å². The molecule has 0 N–H and O–H groups in total. The van der Waals surface area contributed by atoms with E-state index in [1.165, 1.54) is 8.61 Å². The van der Waals surface area contributed by atoms with Gasteiger partial charge in [-0.2, -0.15) is 8.61 Å². The van der Waals surface area contributed by atoms with Gasteiger partial charge in [-0.1, -0.05) is 22.9 Å². The second-order valence-corrected chi connectivity index (χ2v) is 12.2. The fourth-order valence-corrected chi connectivity index (χ4v) is 7.82. The number of sulfonamides is 2. The molecule has 0 unspecified atom stereocenters. The van der Waals surface area contributed by atoms with Crippen molar-refractivity contribution in [3.63, 3.8) is 0 Å². The molecule has 180 valence electrons. The van der Waals surface area contributed by atoms with Crippen LogP contribution >= 0.6 is 0 Å². The van der Waals surface area contributed by atoms with Crippen molar-refractivity contribution >= 4 is 26.0 Å². The van der Waals surface area contributed by atoms with Crippen LogP contribution in [0.3, 0.4) is 0 Å². The van der Waals surface area contributed by atoms with Gasteiger partial charge in [-0.25, -0.2) is 16.8 Å². The average molecular weight is 497 g/mol. The number of rotatable bonds is 5. The summed E-state index contributed by atoms with van der Waals surface area (Å²) in [4.78, 5) is 15.1. The number of aryl methyl sites for hydroxylation is 3. The Labute approximate surface area is 194 Å². The molecule has 2 aliphatic heterocycles. The van der Waals surface area contributed by atoms with Crippen molar-refractivity contribution in [2.45, 2.75) is 49.4 Å². The van der Waals surface area contributed by atoms with Crippen molar-refractivity contribution in [3.05, 3.63) is 41.3 Å². The number of hydrogen-bond donors (Lipinski definition) is 0. The zero-order valence-corrected chi connectivity index (χ0v) is 20.5. The maximum atomic E-state index is 13.3. The van der Waals surface area contributed by atoms with Gasteiger partial charge in [0.05, 0.1) is 4.90 Å². The van der Waals surface area contributed by atoms with E-state index in [-0.39, 0.29) is 54.2 Å². The summed E-state index contributed by atoms with van der Waals surface area (Å²) >= 11 is 0. The lowest BCUT2D eigenvalue weighted by atomic mass is 10.2. The molecule has 2 aliphatic rings. The van der Waals surface area contributed by atoms with Crippen molar-refractivity contribution in [3.8, 4) is 0 Å². The Kier molecular flexibility index (Phi) is 6.38. The van der Waals surface area contributed by atoms with E-state index in [0.717, 1.165) is 5.56 Å². The van der Waals surface area contributed by atoms with E-state index in [1.54, 1.807) is 43.0 Å². The molecule has 1 aromatic carbocycles. The minimum absolute atomic E-state index is 0.0634. The smallest absolute Gasteiger partial charge is 0.248 e. The predicted octanol–water partition coefficient (Wildman–Crippen LogP) is 1.29. The van der Waals surface area contributed by atoms with E-state index < -0.39 is 26.1 Å². The fourth-order valence-electron chi connectivity index (χ4n) is 4.45. The first-order chi connectivity index (χ1) is 15.5. The van der Waals surface area contributed by atoms with Gasteiger partial charge >= 0.3 is 0 Å². The van der Waals surface area contributed by atoms with Crippen LogP contribution < -0.4 is 0 Å². The molecule has 0 bridgehead atoms. The van der Waals surface area contributed by atoms with E-state index >= 15 is 0 Å². The fraction of sp³-hybridized carbons (Fsp3) is 0.524. The Balaban J connectivity index is 1.47.